The lowest BCUT2D eigenvalue weighted by Gasteiger charge is -2.26. The highest BCUT2D eigenvalue weighted by Crippen LogP contribution is 2.40. The van der Waals surface area contributed by atoms with E-state index < -0.39 is 0 Å². The van der Waals surface area contributed by atoms with Crippen LogP contribution in [0.4, 0.5) is 0 Å². The van der Waals surface area contributed by atoms with Crippen molar-refractivity contribution in [2.45, 2.75) is 25.2 Å². The van der Waals surface area contributed by atoms with Crippen LogP contribution in [0.1, 0.15) is 41.9 Å². The fourth-order valence-electron chi connectivity index (χ4n) is 6.08. The smallest absolute Gasteiger partial charge is 0.119 e. The summed E-state index contributed by atoms with van der Waals surface area (Å²) in [7, 11) is 0. The highest BCUT2D eigenvalue weighted by molar-refractivity contribution is 6.09. The highest BCUT2D eigenvalue weighted by Gasteiger charge is 2.21. The molecule has 0 bridgehead atoms. The number of aromatic hydroxyl groups is 1. The molecule has 0 aliphatic carbocycles. The van der Waals surface area contributed by atoms with Gasteiger partial charge >= 0.3 is 0 Å². The second-order valence-electron chi connectivity index (χ2n) is 10.8. The Bertz CT molecular complexity index is 1540. The van der Waals surface area contributed by atoms with E-state index in [1.807, 2.05) is 12.1 Å². The quantitative estimate of drug-likeness (QED) is 0.113. The largest absolute Gasteiger partial charge is 0.508 e. The van der Waals surface area contributed by atoms with Crippen molar-refractivity contribution in [3.8, 4) is 11.5 Å². The SMILES string of the molecule is Oc1ccc(C(c2ccc(OCCNCCN3CCCCC3)cc2)c2cc3ccccc3c3ccccc23)cc1. The monoisotopic (exact) mass is 530 g/mol. The molecule has 4 heteroatoms. The van der Waals surface area contributed by atoms with Gasteiger partial charge in [-0.05, 0) is 94.5 Å². The second-order valence-corrected chi connectivity index (χ2v) is 10.8. The van der Waals surface area contributed by atoms with Crippen LogP contribution in [0.2, 0.25) is 0 Å². The van der Waals surface area contributed by atoms with Gasteiger partial charge in [-0.25, -0.2) is 0 Å². The van der Waals surface area contributed by atoms with Gasteiger partial charge in [0.25, 0.3) is 0 Å². The molecule has 0 aromatic heterocycles. The van der Waals surface area contributed by atoms with Crippen molar-refractivity contribution in [2.75, 3.05) is 39.3 Å². The molecule has 1 aliphatic rings. The van der Waals surface area contributed by atoms with Gasteiger partial charge < -0.3 is 20.1 Å². The Hall–Kier alpha value is -3.86. The first kappa shape index (κ1) is 26.4. The molecule has 0 saturated carbocycles. The van der Waals surface area contributed by atoms with Gasteiger partial charge in [0.15, 0.2) is 0 Å². The lowest BCUT2D eigenvalue weighted by atomic mass is 9.81. The Labute approximate surface area is 237 Å². The van der Waals surface area contributed by atoms with E-state index in [1.54, 1.807) is 12.1 Å². The van der Waals surface area contributed by atoms with E-state index in [4.69, 9.17) is 4.74 Å². The van der Waals surface area contributed by atoms with E-state index in [-0.39, 0.29) is 11.7 Å². The molecule has 204 valence electrons. The van der Waals surface area contributed by atoms with Gasteiger partial charge in [-0.3, -0.25) is 0 Å². The van der Waals surface area contributed by atoms with E-state index in [9.17, 15) is 5.11 Å². The molecule has 1 unspecified atom stereocenters. The molecular formula is C36H38N2O2. The summed E-state index contributed by atoms with van der Waals surface area (Å²) in [6.07, 6.45) is 4.05. The Kier molecular flexibility index (Phi) is 8.27. The standard InChI is InChI=1S/C36H38N2O2/c39-30-16-12-27(13-17-30)36(35-26-29-8-2-3-9-32(29)33-10-4-5-11-34(33)35)28-14-18-31(19-15-28)40-25-21-37-20-24-38-22-6-1-7-23-38/h2-5,8-19,26,36-37,39H,1,6-7,20-25H2. The summed E-state index contributed by atoms with van der Waals surface area (Å²) in [4.78, 5) is 2.55. The van der Waals surface area contributed by atoms with Crippen LogP contribution < -0.4 is 10.1 Å². The first-order chi connectivity index (χ1) is 19.8. The summed E-state index contributed by atoms with van der Waals surface area (Å²) >= 11 is 0. The maximum Gasteiger partial charge on any atom is 0.119 e. The Morgan fingerprint density at radius 1 is 0.700 bits per heavy atom. The summed E-state index contributed by atoms with van der Waals surface area (Å²) in [6, 6.07) is 35.7. The molecule has 0 radical (unpaired) electrons. The second kappa shape index (κ2) is 12.5. The maximum atomic E-state index is 10.0. The Balaban J connectivity index is 1.22. The third kappa shape index (κ3) is 5.99. The fourth-order valence-corrected chi connectivity index (χ4v) is 6.08. The minimum Gasteiger partial charge on any atom is -0.508 e. The molecule has 6 rings (SSSR count). The lowest BCUT2D eigenvalue weighted by Crippen LogP contribution is -2.36. The summed E-state index contributed by atoms with van der Waals surface area (Å²) in [5.41, 5.74) is 3.59. The molecular weight excluding hydrogens is 492 g/mol. The van der Waals surface area contributed by atoms with E-state index in [0.717, 1.165) is 30.9 Å². The summed E-state index contributed by atoms with van der Waals surface area (Å²) in [5, 5.41) is 18.5. The summed E-state index contributed by atoms with van der Waals surface area (Å²) in [6.45, 7) is 6.10. The topological polar surface area (TPSA) is 44.7 Å². The van der Waals surface area contributed by atoms with Gasteiger partial charge in [-0.2, -0.15) is 0 Å². The zero-order chi connectivity index (χ0) is 27.1. The molecule has 2 N–H and O–H groups in total. The van der Waals surface area contributed by atoms with Crippen molar-refractivity contribution in [3.63, 3.8) is 0 Å². The third-order valence-electron chi connectivity index (χ3n) is 8.15. The van der Waals surface area contributed by atoms with Crippen molar-refractivity contribution in [1.29, 1.82) is 0 Å². The number of nitrogens with one attached hydrogen (secondary N) is 1. The maximum absolute atomic E-state index is 10.0. The number of nitrogens with zero attached hydrogens (tertiary/aromatic N) is 1. The van der Waals surface area contributed by atoms with Gasteiger partial charge in [0.1, 0.15) is 18.1 Å². The Morgan fingerprint density at radius 3 is 2.10 bits per heavy atom. The van der Waals surface area contributed by atoms with Crippen LogP contribution in [0.3, 0.4) is 0 Å². The van der Waals surface area contributed by atoms with Crippen LogP contribution in [-0.4, -0.2) is 49.3 Å². The van der Waals surface area contributed by atoms with E-state index in [0.29, 0.717) is 6.61 Å². The van der Waals surface area contributed by atoms with Crippen molar-refractivity contribution in [1.82, 2.24) is 10.2 Å². The third-order valence-corrected chi connectivity index (χ3v) is 8.15. The van der Waals surface area contributed by atoms with Crippen molar-refractivity contribution >= 4 is 21.5 Å². The van der Waals surface area contributed by atoms with Gasteiger partial charge in [-0.1, -0.05) is 79.2 Å². The van der Waals surface area contributed by atoms with Gasteiger partial charge in [0, 0.05) is 25.6 Å². The molecule has 40 heavy (non-hydrogen) atoms. The number of hydrogen-bond acceptors (Lipinski definition) is 4. The number of fused-ring (bicyclic) bond motifs is 3. The number of phenols is 1. The molecule has 5 aromatic rings. The zero-order valence-electron chi connectivity index (χ0n) is 23.1. The number of rotatable bonds is 10. The molecule has 4 nitrogen and oxygen atoms in total. The van der Waals surface area contributed by atoms with Crippen LogP contribution >= 0.6 is 0 Å². The summed E-state index contributed by atoms with van der Waals surface area (Å²) < 4.78 is 6.08. The first-order valence-corrected chi connectivity index (χ1v) is 14.6. The van der Waals surface area contributed by atoms with Crippen molar-refractivity contribution < 1.29 is 9.84 Å². The van der Waals surface area contributed by atoms with E-state index >= 15 is 0 Å². The minimum absolute atomic E-state index is 0.0145. The van der Waals surface area contributed by atoms with Gasteiger partial charge in [-0.15, -0.1) is 0 Å². The number of hydrogen-bond donors (Lipinski definition) is 2. The number of phenolic OH excluding ortho intramolecular Hbond substituents is 1. The average Bonchev–Trinajstić information content (AvgIpc) is 3.01. The van der Waals surface area contributed by atoms with Gasteiger partial charge in [0.05, 0.1) is 0 Å². The molecule has 1 atom stereocenters. The predicted molar refractivity (Wildman–Crippen MR) is 166 cm³/mol. The fraction of sp³-hybridized carbons (Fsp3) is 0.278. The average molecular weight is 531 g/mol. The highest BCUT2D eigenvalue weighted by atomic mass is 16.5. The van der Waals surface area contributed by atoms with Crippen molar-refractivity contribution in [2.24, 2.45) is 0 Å². The molecule has 1 aliphatic heterocycles. The Morgan fingerprint density at radius 2 is 1.35 bits per heavy atom. The minimum atomic E-state index is 0.0145. The number of likely N-dealkylation sites (tertiary alicyclic amines) is 1. The van der Waals surface area contributed by atoms with Crippen LogP contribution in [0.15, 0.2) is 103 Å². The first-order valence-electron chi connectivity index (χ1n) is 14.6. The molecule has 5 aromatic carbocycles. The number of benzene rings is 5. The number of ether oxygens (including phenoxy) is 1. The van der Waals surface area contributed by atoms with Crippen LogP contribution in [0.5, 0.6) is 11.5 Å². The van der Waals surface area contributed by atoms with Gasteiger partial charge in [0.2, 0.25) is 0 Å². The van der Waals surface area contributed by atoms with Crippen LogP contribution in [-0.2, 0) is 0 Å². The lowest BCUT2D eigenvalue weighted by molar-refractivity contribution is 0.226. The molecule has 0 spiro atoms. The van der Waals surface area contributed by atoms with Crippen LogP contribution in [0, 0.1) is 0 Å². The molecule has 1 heterocycles. The normalized spacial score (nSPS) is 14.9. The van der Waals surface area contributed by atoms with Crippen molar-refractivity contribution in [3.05, 3.63) is 120 Å². The molecule has 1 saturated heterocycles. The zero-order valence-corrected chi connectivity index (χ0v) is 23.1. The summed E-state index contributed by atoms with van der Waals surface area (Å²) in [5.74, 6) is 1.18. The van der Waals surface area contributed by atoms with Crippen LogP contribution in [0.25, 0.3) is 21.5 Å². The predicted octanol–water partition coefficient (Wildman–Crippen LogP) is 7.33. The molecule has 1 fully saturated rings. The van der Waals surface area contributed by atoms with E-state index in [1.165, 1.54) is 65.0 Å². The number of piperidine rings is 1. The van der Waals surface area contributed by atoms with E-state index in [2.05, 4.69) is 89.1 Å². The molecule has 0 amide bonds.